The van der Waals surface area contributed by atoms with E-state index in [2.05, 4.69) is 216 Å². The van der Waals surface area contributed by atoms with Crippen molar-refractivity contribution >= 4 is 43.6 Å². The minimum Gasteiger partial charge on any atom is -0.491 e. The minimum atomic E-state index is -0.662. The third kappa shape index (κ3) is 6.99. The van der Waals surface area contributed by atoms with E-state index in [1.807, 2.05) is 12.1 Å². The molecule has 11 aromatic rings. The number of hydrogen-bond donors (Lipinski definition) is 2. The molecule has 6 heteroatoms. The zero-order chi connectivity index (χ0) is 44.6. The first-order chi connectivity index (χ1) is 32.5. The van der Waals surface area contributed by atoms with E-state index in [0.717, 1.165) is 72.4 Å². The molecule has 0 bridgehead atoms. The maximum absolute atomic E-state index is 9.95. The van der Waals surface area contributed by atoms with Gasteiger partial charge in [0.2, 0.25) is 0 Å². The van der Waals surface area contributed by atoms with E-state index in [4.69, 9.17) is 9.47 Å². The van der Waals surface area contributed by atoms with Crippen LogP contribution < -0.4 is 9.47 Å². The fourth-order valence-corrected chi connectivity index (χ4v) is 9.99. The van der Waals surface area contributed by atoms with Crippen LogP contribution in [0.2, 0.25) is 0 Å². The van der Waals surface area contributed by atoms with Crippen LogP contribution in [0.25, 0.3) is 77.2 Å². The lowest BCUT2D eigenvalue weighted by Gasteiger charge is -2.33. The first-order valence-corrected chi connectivity index (χ1v) is 22.5. The summed E-state index contributed by atoms with van der Waals surface area (Å²) in [5.74, 6) is 1.38. The van der Waals surface area contributed by atoms with Gasteiger partial charge in [0.05, 0.1) is 35.3 Å². The summed E-state index contributed by atoms with van der Waals surface area (Å²) in [5.41, 5.74) is 13.1. The largest absolute Gasteiger partial charge is 0.491 e. The lowest BCUT2D eigenvalue weighted by molar-refractivity contribution is 0.202. The molecule has 0 unspecified atom stereocenters. The van der Waals surface area contributed by atoms with Crippen molar-refractivity contribution in [3.63, 3.8) is 0 Å². The van der Waals surface area contributed by atoms with Gasteiger partial charge in [0.25, 0.3) is 0 Å². The molecule has 0 saturated carbocycles. The number of aliphatic hydroxyl groups excluding tert-OH is 2. The number of benzene rings is 9. The van der Waals surface area contributed by atoms with E-state index >= 15 is 0 Å². The van der Waals surface area contributed by atoms with Crippen LogP contribution in [-0.2, 0) is 5.41 Å². The molecule has 2 N–H and O–H groups in total. The average Bonchev–Trinajstić information content (AvgIpc) is 3.90. The summed E-state index contributed by atoms with van der Waals surface area (Å²) < 4.78 is 17.3. The van der Waals surface area contributed by atoms with E-state index < -0.39 is 5.41 Å². The van der Waals surface area contributed by atoms with E-state index in [-0.39, 0.29) is 26.4 Å². The summed E-state index contributed by atoms with van der Waals surface area (Å²) in [6, 6.07) is 75.0. The SMILES string of the molecule is CC(c1ccccc1)(c1ccc(OCCO)c(-c2cccc(-n3c4ccccc4c4ccccc43)c2)c1)c1ccc(OCCO)c(-c2cccc(-n3c4ccccc4c4ccccc43)c2)c1. The molecule has 0 radical (unpaired) electrons. The van der Waals surface area contributed by atoms with Gasteiger partial charge < -0.3 is 28.8 Å². The maximum atomic E-state index is 9.95. The van der Waals surface area contributed by atoms with E-state index in [1.165, 1.54) is 21.5 Å². The lowest BCUT2D eigenvalue weighted by Crippen LogP contribution is -2.25. The van der Waals surface area contributed by atoms with Crippen LogP contribution >= 0.6 is 0 Å². The van der Waals surface area contributed by atoms with Gasteiger partial charge in [0.1, 0.15) is 24.7 Å². The van der Waals surface area contributed by atoms with Crippen LogP contribution in [0.1, 0.15) is 23.6 Å². The van der Waals surface area contributed by atoms with Crippen molar-refractivity contribution in [2.24, 2.45) is 0 Å². The van der Waals surface area contributed by atoms with E-state index in [9.17, 15) is 10.2 Å². The van der Waals surface area contributed by atoms with Crippen LogP contribution in [0.3, 0.4) is 0 Å². The van der Waals surface area contributed by atoms with Crippen molar-refractivity contribution in [2.45, 2.75) is 12.3 Å². The van der Waals surface area contributed by atoms with Crippen LogP contribution in [-0.4, -0.2) is 45.8 Å². The quantitative estimate of drug-likeness (QED) is 0.113. The third-order valence-electron chi connectivity index (χ3n) is 13.2. The zero-order valence-electron chi connectivity index (χ0n) is 36.6. The minimum absolute atomic E-state index is 0.101. The molecular weight excluding hydrogens is 813 g/mol. The highest BCUT2D eigenvalue weighted by Crippen LogP contribution is 2.46. The molecule has 322 valence electrons. The Labute approximate surface area is 383 Å². The third-order valence-corrected chi connectivity index (χ3v) is 13.2. The summed E-state index contributed by atoms with van der Waals surface area (Å²) in [6.45, 7) is 2.42. The molecule has 0 saturated heterocycles. The molecule has 0 aliphatic rings. The van der Waals surface area contributed by atoms with Crippen molar-refractivity contribution in [3.8, 4) is 45.1 Å². The molecule has 66 heavy (non-hydrogen) atoms. The Balaban J connectivity index is 1.08. The van der Waals surface area contributed by atoms with Gasteiger partial charge in [-0.15, -0.1) is 0 Å². The number of hydrogen-bond acceptors (Lipinski definition) is 4. The van der Waals surface area contributed by atoms with Gasteiger partial charge in [-0.1, -0.05) is 140 Å². The molecule has 0 amide bonds. The summed E-state index contributed by atoms with van der Waals surface area (Å²) in [5, 5.41) is 24.7. The molecule has 0 fully saturated rings. The second-order valence-corrected chi connectivity index (χ2v) is 16.9. The Kier molecular flexibility index (Phi) is 10.7. The number of ether oxygens (including phenoxy) is 2. The predicted octanol–water partition coefficient (Wildman–Crippen LogP) is 13.3. The number of para-hydroxylation sites is 4. The van der Waals surface area contributed by atoms with Gasteiger partial charge in [-0.05, 0) is 108 Å². The van der Waals surface area contributed by atoms with Gasteiger partial charge in [0.15, 0.2) is 0 Å². The molecule has 6 nitrogen and oxygen atoms in total. The fraction of sp³-hybridized carbons (Fsp3) is 0.100. The number of aliphatic hydroxyl groups is 2. The lowest BCUT2D eigenvalue weighted by atomic mass is 9.70. The molecule has 0 aliphatic carbocycles. The van der Waals surface area contributed by atoms with Crippen molar-refractivity contribution in [1.29, 1.82) is 0 Å². The summed E-state index contributed by atoms with van der Waals surface area (Å²) >= 11 is 0. The van der Waals surface area contributed by atoms with Crippen LogP contribution in [0.5, 0.6) is 11.5 Å². The Bertz CT molecular complexity index is 3230. The number of nitrogens with zero attached hydrogens (tertiary/aromatic N) is 2. The Morgan fingerprint density at radius 3 is 1.15 bits per heavy atom. The molecule has 0 aliphatic heterocycles. The van der Waals surface area contributed by atoms with Gasteiger partial charge in [0, 0.05) is 49.5 Å². The summed E-state index contributed by atoms with van der Waals surface area (Å²) in [6.07, 6.45) is 0. The van der Waals surface area contributed by atoms with Crippen molar-refractivity contribution in [1.82, 2.24) is 9.13 Å². The Hall–Kier alpha value is -7.90. The molecule has 2 aromatic heterocycles. The monoisotopic (exact) mass is 860 g/mol. The van der Waals surface area contributed by atoms with Crippen LogP contribution in [0, 0.1) is 0 Å². The first kappa shape index (κ1) is 40.8. The van der Waals surface area contributed by atoms with Crippen molar-refractivity contribution in [2.75, 3.05) is 26.4 Å². The smallest absolute Gasteiger partial charge is 0.127 e. The summed E-state index contributed by atoms with van der Waals surface area (Å²) in [7, 11) is 0. The fourth-order valence-electron chi connectivity index (χ4n) is 9.99. The van der Waals surface area contributed by atoms with Gasteiger partial charge in [-0.3, -0.25) is 0 Å². The second kappa shape index (κ2) is 17.2. The number of aromatic nitrogens is 2. The topological polar surface area (TPSA) is 68.8 Å². The van der Waals surface area contributed by atoms with Gasteiger partial charge in [-0.25, -0.2) is 0 Å². The second-order valence-electron chi connectivity index (χ2n) is 16.9. The van der Waals surface area contributed by atoms with Crippen LogP contribution in [0.4, 0.5) is 0 Å². The molecule has 9 aromatic carbocycles. The Morgan fingerprint density at radius 2 is 0.758 bits per heavy atom. The maximum Gasteiger partial charge on any atom is 0.127 e. The number of rotatable bonds is 13. The first-order valence-electron chi connectivity index (χ1n) is 22.5. The highest BCUT2D eigenvalue weighted by atomic mass is 16.5. The van der Waals surface area contributed by atoms with Crippen molar-refractivity contribution in [3.05, 3.63) is 229 Å². The Morgan fingerprint density at radius 1 is 0.379 bits per heavy atom. The van der Waals surface area contributed by atoms with Gasteiger partial charge >= 0.3 is 0 Å². The molecule has 0 spiro atoms. The van der Waals surface area contributed by atoms with Gasteiger partial charge in [-0.2, -0.15) is 0 Å². The normalized spacial score (nSPS) is 11.8. The highest BCUT2D eigenvalue weighted by molar-refractivity contribution is 6.10. The predicted molar refractivity (Wildman–Crippen MR) is 270 cm³/mol. The standard InChI is InChI=1S/C60H48N2O4/c1-60(43-17-3-2-4-18-43,44-29-31-58(65-35-33-63)52(39-44)41-15-13-19-46(37-41)61-54-25-9-5-21-48(54)49-22-6-10-26-55(49)61)45-30-32-59(66-36-34-64)53(40-45)42-16-14-20-47(38-42)62-56-27-11-7-23-50(56)51-24-8-12-28-57(51)62/h2-32,37-40,63-64H,33-36H2,1H3. The molecule has 2 heterocycles. The summed E-state index contributed by atoms with van der Waals surface area (Å²) in [4.78, 5) is 0. The molecular formula is C60H48N2O4. The highest BCUT2D eigenvalue weighted by Gasteiger charge is 2.33. The van der Waals surface area contributed by atoms with Crippen LogP contribution in [0.15, 0.2) is 212 Å². The van der Waals surface area contributed by atoms with E-state index in [1.54, 1.807) is 0 Å². The van der Waals surface area contributed by atoms with E-state index in [0.29, 0.717) is 11.5 Å². The zero-order valence-corrected chi connectivity index (χ0v) is 36.6. The molecule has 0 atom stereocenters. The average molecular weight is 861 g/mol. The molecule has 11 rings (SSSR count). The number of fused-ring (bicyclic) bond motifs is 6. The van der Waals surface area contributed by atoms with Crippen molar-refractivity contribution < 1.29 is 19.7 Å².